The van der Waals surface area contributed by atoms with Gasteiger partial charge in [-0.3, -0.25) is 4.79 Å². The van der Waals surface area contributed by atoms with Crippen molar-refractivity contribution < 1.29 is 29.0 Å². The highest BCUT2D eigenvalue weighted by molar-refractivity contribution is 5.91. The van der Waals surface area contributed by atoms with Crippen LogP contribution in [0.25, 0.3) is 11.1 Å². The Hall–Kier alpha value is -3.39. The van der Waals surface area contributed by atoms with E-state index in [9.17, 15) is 19.5 Å². The van der Waals surface area contributed by atoms with Crippen LogP contribution in [0.15, 0.2) is 48.5 Å². The minimum absolute atomic E-state index is 0.0958. The summed E-state index contributed by atoms with van der Waals surface area (Å²) in [4.78, 5) is 38.4. The molecule has 2 aromatic rings. The first-order valence-electron chi connectivity index (χ1n) is 10.7. The number of carbonyl (C=O) groups excluding carboxylic acids is 2. The van der Waals surface area contributed by atoms with Gasteiger partial charge >= 0.3 is 12.1 Å². The molecule has 0 radical (unpaired) electrons. The summed E-state index contributed by atoms with van der Waals surface area (Å²) < 4.78 is 10.8. The Labute approximate surface area is 193 Å². The van der Waals surface area contributed by atoms with E-state index < -0.39 is 35.7 Å². The summed E-state index contributed by atoms with van der Waals surface area (Å²) in [5.74, 6) is -1.88. The van der Waals surface area contributed by atoms with Gasteiger partial charge in [0.2, 0.25) is 5.91 Å². The Balaban J connectivity index is 1.73. The van der Waals surface area contributed by atoms with E-state index in [1.54, 1.807) is 6.92 Å². The monoisotopic (exact) mass is 454 g/mol. The average molecular weight is 455 g/mol. The number of carboxylic acid groups (broad SMARTS) is 1. The Bertz CT molecular complexity index is 1010. The van der Waals surface area contributed by atoms with Gasteiger partial charge in [-0.15, -0.1) is 0 Å². The highest BCUT2D eigenvalue weighted by Crippen LogP contribution is 2.44. The van der Waals surface area contributed by atoms with Crippen molar-refractivity contribution in [2.24, 2.45) is 0 Å². The van der Waals surface area contributed by atoms with Gasteiger partial charge in [0.25, 0.3) is 0 Å². The van der Waals surface area contributed by atoms with Crippen LogP contribution in [0, 0.1) is 0 Å². The van der Waals surface area contributed by atoms with Crippen molar-refractivity contribution >= 4 is 18.0 Å². The number of rotatable bonds is 8. The Morgan fingerprint density at radius 2 is 1.58 bits per heavy atom. The number of fused-ring (bicyclic) bond motifs is 3. The van der Waals surface area contributed by atoms with E-state index in [1.165, 1.54) is 28.0 Å². The molecule has 1 aliphatic carbocycles. The first-order chi connectivity index (χ1) is 15.6. The summed E-state index contributed by atoms with van der Waals surface area (Å²) in [6.07, 6.45) is -1.48. The van der Waals surface area contributed by atoms with Gasteiger partial charge in [0, 0.05) is 20.1 Å². The Morgan fingerprint density at radius 3 is 2.06 bits per heavy atom. The summed E-state index contributed by atoms with van der Waals surface area (Å²) in [6, 6.07) is 14.9. The van der Waals surface area contributed by atoms with Crippen LogP contribution < -0.4 is 5.32 Å². The van der Waals surface area contributed by atoms with Crippen molar-refractivity contribution in [2.75, 3.05) is 20.8 Å². The summed E-state index contributed by atoms with van der Waals surface area (Å²) in [6.45, 7) is 4.54. The maximum atomic E-state index is 13.0. The predicted octanol–water partition coefficient (Wildman–Crippen LogP) is 3.25. The second-order valence-electron chi connectivity index (χ2n) is 8.65. The van der Waals surface area contributed by atoms with Crippen LogP contribution in [0.4, 0.5) is 4.79 Å². The number of likely N-dealkylation sites (N-methyl/N-ethyl adjacent to an activating group) is 1. The molecular formula is C25H30N2O6. The number of alkyl carbamates (subject to hydrolysis) is 1. The van der Waals surface area contributed by atoms with Gasteiger partial charge < -0.3 is 24.8 Å². The molecule has 176 valence electrons. The first-order valence-corrected chi connectivity index (χ1v) is 10.7. The van der Waals surface area contributed by atoms with E-state index in [1.807, 2.05) is 48.5 Å². The molecular weight excluding hydrogens is 424 g/mol. The molecule has 2 atom stereocenters. The number of nitrogens with one attached hydrogen (secondary N) is 1. The fraction of sp³-hybridized carbons (Fsp3) is 0.400. The van der Waals surface area contributed by atoms with Crippen molar-refractivity contribution in [3.05, 3.63) is 59.7 Å². The minimum atomic E-state index is -1.47. The zero-order valence-corrected chi connectivity index (χ0v) is 19.5. The fourth-order valence-corrected chi connectivity index (χ4v) is 3.91. The number of carbonyl (C=O) groups is 3. The lowest BCUT2D eigenvalue weighted by atomic mass is 9.98. The van der Waals surface area contributed by atoms with Gasteiger partial charge in [-0.1, -0.05) is 48.5 Å². The minimum Gasteiger partial charge on any atom is -0.480 e. The molecule has 0 fully saturated rings. The van der Waals surface area contributed by atoms with Crippen molar-refractivity contribution in [3.63, 3.8) is 0 Å². The largest absolute Gasteiger partial charge is 0.480 e. The molecule has 0 unspecified atom stereocenters. The second kappa shape index (κ2) is 9.62. The number of hydrogen-bond acceptors (Lipinski definition) is 5. The quantitative estimate of drug-likeness (QED) is 0.634. The van der Waals surface area contributed by atoms with Crippen LogP contribution in [-0.4, -0.2) is 66.4 Å². The van der Waals surface area contributed by atoms with Gasteiger partial charge in [0.05, 0.1) is 6.10 Å². The van der Waals surface area contributed by atoms with E-state index in [4.69, 9.17) is 9.47 Å². The van der Waals surface area contributed by atoms with Gasteiger partial charge in [-0.2, -0.15) is 0 Å². The SMILES string of the molecule is CO[C@H](C)[C@H](NC(=O)OCC1c2ccccc2-c2ccccc21)C(=O)N(C)C(C)(C)C(=O)O. The molecule has 0 aromatic heterocycles. The zero-order chi connectivity index (χ0) is 24.3. The Kier molecular flexibility index (Phi) is 7.07. The van der Waals surface area contributed by atoms with E-state index in [0.717, 1.165) is 27.2 Å². The highest BCUT2D eigenvalue weighted by Gasteiger charge is 2.40. The lowest BCUT2D eigenvalue weighted by molar-refractivity contribution is -0.157. The predicted molar refractivity (Wildman–Crippen MR) is 123 cm³/mol. The standard InChI is InChI=1S/C25H30N2O6/c1-15(32-5)21(22(28)27(4)25(2,3)23(29)30)26-24(31)33-14-20-18-12-8-6-10-16(18)17-11-7-9-13-19(17)20/h6-13,15,20-21H,14H2,1-5H3,(H,26,31)(H,29,30)/t15-,21+/m1/s1. The van der Waals surface area contributed by atoms with Gasteiger partial charge in [0.1, 0.15) is 18.2 Å². The van der Waals surface area contributed by atoms with Gasteiger partial charge in [-0.05, 0) is 43.0 Å². The summed E-state index contributed by atoms with van der Waals surface area (Å²) >= 11 is 0. The average Bonchev–Trinajstić information content (AvgIpc) is 3.13. The molecule has 0 heterocycles. The lowest BCUT2D eigenvalue weighted by Crippen LogP contribution is -2.60. The summed E-state index contributed by atoms with van der Waals surface area (Å²) in [5.41, 5.74) is 2.91. The Morgan fingerprint density at radius 1 is 1.06 bits per heavy atom. The maximum absolute atomic E-state index is 13.0. The van der Waals surface area contributed by atoms with Crippen LogP contribution in [0.1, 0.15) is 37.8 Å². The van der Waals surface area contributed by atoms with Crippen LogP contribution in [0.2, 0.25) is 0 Å². The molecule has 2 amide bonds. The number of methoxy groups -OCH3 is 1. The summed E-state index contributed by atoms with van der Waals surface area (Å²) in [7, 11) is 2.79. The molecule has 33 heavy (non-hydrogen) atoms. The molecule has 3 rings (SSSR count). The third kappa shape index (κ3) is 4.71. The normalized spacial score (nSPS) is 14.6. The number of nitrogens with zero attached hydrogens (tertiary/aromatic N) is 1. The van der Waals surface area contributed by atoms with E-state index in [2.05, 4.69) is 5.32 Å². The maximum Gasteiger partial charge on any atom is 0.407 e. The molecule has 8 nitrogen and oxygen atoms in total. The van der Waals surface area contributed by atoms with Gasteiger partial charge in [0.15, 0.2) is 0 Å². The molecule has 1 aliphatic rings. The molecule has 0 saturated carbocycles. The first kappa shape index (κ1) is 24.3. The molecule has 0 bridgehead atoms. The third-order valence-electron chi connectivity index (χ3n) is 6.42. The van der Waals surface area contributed by atoms with Crippen LogP contribution >= 0.6 is 0 Å². The topological polar surface area (TPSA) is 105 Å². The van der Waals surface area contributed by atoms with Crippen molar-refractivity contribution in [1.82, 2.24) is 10.2 Å². The number of aliphatic carboxylic acids is 1. The highest BCUT2D eigenvalue weighted by atomic mass is 16.5. The number of ether oxygens (including phenoxy) is 2. The second-order valence-corrected chi connectivity index (χ2v) is 8.65. The molecule has 0 spiro atoms. The lowest BCUT2D eigenvalue weighted by Gasteiger charge is -2.35. The fourth-order valence-electron chi connectivity index (χ4n) is 3.91. The number of hydrogen-bond donors (Lipinski definition) is 2. The number of amides is 2. The van der Waals surface area contributed by atoms with E-state index in [0.29, 0.717) is 0 Å². The van der Waals surface area contributed by atoms with Gasteiger partial charge in [-0.25, -0.2) is 9.59 Å². The number of carboxylic acids is 1. The van der Waals surface area contributed by atoms with Crippen LogP contribution in [-0.2, 0) is 19.1 Å². The van der Waals surface area contributed by atoms with Crippen LogP contribution in [0.5, 0.6) is 0 Å². The molecule has 2 N–H and O–H groups in total. The van der Waals surface area contributed by atoms with Crippen LogP contribution in [0.3, 0.4) is 0 Å². The molecule has 0 aliphatic heterocycles. The van der Waals surface area contributed by atoms with E-state index >= 15 is 0 Å². The van der Waals surface area contributed by atoms with Crippen molar-refractivity contribution in [2.45, 2.75) is 44.4 Å². The molecule has 0 saturated heterocycles. The van der Waals surface area contributed by atoms with E-state index in [-0.39, 0.29) is 12.5 Å². The smallest absolute Gasteiger partial charge is 0.407 e. The van der Waals surface area contributed by atoms with Crippen molar-refractivity contribution in [3.8, 4) is 11.1 Å². The third-order valence-corrected chi connectivity index (χ3v) is 6.42. The zero-order valence-electron chi connectivity index (χ0n) is 19.5. The summed E-state index contributed by atoms with van der Waals surface area (Å²) in [5, 5.41) is 12.0. The number of benzene rings is 2. The molecule has 2 aromatic carbocycles. The van der Waals surface area contributed by atoms with Crippen molar-refractivity contribution in [1.29, 1.82) is 0 Å². The molecule has 8 heteroatoms.